The molecule has 0 aromatic heterocycles. The van der Waals surface area contributed by atoms with Gasteiger partial charge >= 0.3 is 0 Å². The molecule has 8 nitrogen and oxygen atoms in total. The van der Waals surface area contributed by atoms with Gasteiger partial charge in [0.25, 0.3) is 0 Å². The summed E-state index contributed by atoms with van der Waals surface area (Å²) in [5.41, 5.74) is 9.14. The zero-order chi connectivity index (χ0) is 20.2. The van der Waals surface area contributed by atoms with Crippen LogP contribution in [0, 0.1) is 0 Å². The van der Waals surface area contributed by atoms with Gasteiger partial charge < -0.3 is 0 Å². The Hall–Kier alpha value is -2.94. The van der Waals surface area contributed by atoms with Crippen LogP contribution in [0.1, 0.15) is 6.42 Å². The van der Waals surface area contributed by atoms with E-state index in [1.54, 1.807) is 36.4 Å². The first-order valence-corrected chi connectivity index (χ1v) is 11.4. The maximum atomic E-state index is 12.4. The zero-order valence-corrected chi connectivity index (χ0v) is 16.2. The molecule has 3 rings (SSSR count). The van der Waals surface area contributed by atoms with Crippen molar-refractivity contribution in [2.24, 2.45) is 10.1 Å². The number of hydrogen-bond donors (Lipinski definition) is 0. The van der Waals surface area contributed by atoms with E-state index in [1.807, 2.05) is 0 Å². The summed E-state index contributed by atoms with van der Waals surface area (Å²) in [7, 11) is -7.32. The van der Waals surface area contributed by atoms with Crippen LogP contribution in [-0.2, 0) is 19.7 Å². The fraction of sp³-hybridized carbons (Fsp3) is 0.167. The SMILES string of the molecule is [N-]=[N+]=N/C(=C\S(=O)(=O)c1ccccc1)CC1N=C1CS(=O)(=O)c1ccccc1. The van der Waals surface area contributed by atoms with E-state index >= 15 is 0 Å². The van der Waals surface area contributed by atoms with Gasteiger partial charge in [0, 0.05) is 22.4 Å². The molecule has 2 aromatic rings. The molecule has 1 heterocycles. The largest absolute Gasteiger partial charge is 0.281 e. The first kappa shape index (κ1) is 19.8. The normalized spacial score (nSPS) is 16.8. The van der Waals surface area contributed by atoms with Gasteiger partial charge in [-0.05, 0) is 29.8 Å². The average molecular weight is 416 g/mol. The van der Waals surface area contributed by atoms with Crippen LogP contribution < -0.4 is 0 Å². The quantitative estimate of drug-likeness (QED) is 0.371. The van der Waals surface area contributed by atoms with Crippen LogP contribution in [0.5, 0.6) is 0 Å². The highest BCUT2D eigenvalue weighted by Crippen LogP contribution is 2.26. The smallest absolute Gasteiger partial charge is 0.199 e. The minimum atomic E-state index is -3.79. The fourth-order valence-corrected chi connectivity index (χ4v) is 5.16. The molecule has 0 radical (unpaired) electrons. The van der Waals surface area contributed by atoms with Crippen molar-refractivity contribution in [3.8, 4) is 0 Å². The molecule has 0 fully saturated rings. The maximum Gasteiger partial charge on any atom is 0.199 e. The minimum Gasteiger partial charge on any atom is -0.281 e. The molecule has 2 aromatic carbocycles. The van der Waals surface area contributed by atoms with Crippen LogP contribution in [0.15, 0.2) is 91.7 Å². The van der Waals surface area contributed by atoms with Gasteiger partial charge in [-0.25, -0.2) is 16.8 Å². The van der Waals surface area contributed by atoms with Crippen LogP contribution >= 0.6 is 0 Å². The van der Waals surface area contributed by atoms with E-state index in [4.69, 9.17) is 5.53 Å². The van der Waals surface area contributed by atoms with E-state index in [0.29, 0.717) is 5.71 Å². The second-order valence-corrected chi connectivity index (χ2v) is 9.86. The molecule has 0 saturated heterocycles. The van der Waals surface area contributed by atoms with E-state index in [9.17, 15) is 16.8 Å². The Kier molecular flexibility index (Phi) is 5.64. The fourth-order valence-electron chi connectivity index (χ4n) is 2.59. The van der Waals surface area contributed by atoms with Crippen molar-refractivity contribution in [1.29, 1.82) is 0 Å². The molecule has 0 bridgehead atoms. The van der Waals surface area contributed by atoms with Gasteiger partial charge in [-0.3, -0.25) is 4.99 Å². The van der Waals surface area contributed by atoms with E-state index < -0.39 is 25.7 Å². The molecule has 1 aliphatic heterocycles. The molecule has 0 spiro atoms. The molecule has 1 aliphatic rings. The van der Waals surface area contributed by atoms with Crippen molar-refractivity contribution in [3.05, 3.63) is 82.2 Å². The van der Waals surface area contributed by atoms with Gasteiger partial charge in [-0.15, -0.1) is 0 Å². The lowest BCUT2D eigenvalue weighted by Crippen LogP contribution is -2.14. The molecule has 0 amide bonds. The Morgan fingerprint density at radius 1 is 1.00 bits per heavy atom. The van der Waals surface area contributed by atoms with Gasteiger partial charge in [0.1, 0.15) is 0 Å². The number of azide groups is 1. The Balaban J connectivity index is 1.71. The van der Waals surface area contributed by atoms with Crippen LogP contribution in [0.3, 0.4) is 0 Å². The average Bonchev–Trinajstić information content (AvgIpc) is 3.39. The van der Waals surface area contributed by atoms with Gasteiger partial charge in [-0.2, -0.15) is 0 Å². The molecule has 144 valence electrons. The lowest BCUT2D eigenvalue weighted by molar-refractivity contribution is 0.599. The highest BCUT2D eigenvalue weighted by Gasteiger charge is 2.33. The van der Waals surface area contributed by atoms with E-state index in [-0.39, 0.29) is 27.7 Å². The Labute approximate surface area is 162 Å². The summed E-state index contributed by atoms with van der Waals surface area (Å²) in [4.78, 5) is 7.04. The number of sulfone groups is 2. The molecule has 1 unspecified atom stereocenters. The monoisotopic (exact) mass is 416 g/mol. The summed E-state index contributed by atoms with van der Waals surface area (Å²) in [5.74, 6) is -0.253. The number of rotatable bonds is 8. The van der Waals surface area contributed by atoms with E-state index in [0.717, 1.165) is 5.41 Å². The van der Waals surface area contributed by atoms with Crippen LogP contribution in [-0.4, -0.2) is 34.3 Å². The maximum absolute atomic E-state index is 12.4. The Morgan fingerprint density at radius 3 is 2.14 bits per heavy atom. The van der Waals surface area contributed by atoms with E-state index in [2.05, 4.69) is 15.0 Å². The van der Waals surface area contributed by atoms with Crippen molar-refractivity contribution in [3.63, 3.8) is 0 Å². The molecule has 0 aliphatic carbocycles. The standard InChI is InChI=1S/C18H16N4O4S2/c19-22-21-14(12-27(23,24)15-7-3-1-4-8-15)11-17-18(20-17)13-28(25,26)16-9-5-2-6-10-16/h1-10,12,17H,11,13H2/b14-12-. The first-order valence-electron chi connectivity index (χ1n) is 8.22. The summed E-state index contributed by atoms with van der Waals surface area (Å²) in [6, 6.07) is 15.3. The van der Waals surface area contributed by atoms with Gasteiger partial charge in [0.2, 0.25) is 0 Å². The molecule has 1 atom stereocenters. The molecule has 0 saturated carbocycles. The summed E-state index contributed by atoms with van der Waals surface area (Å²) in [6.07, 6.45) is 0.0236. The predicted molar refractivity (Wildman–Crippen MR) is 105 cm³/mol. The lowest BCUT2D eigenvalue weighted by Gasteiger charge is -2.03. The van der Waals surface area contributed by atoms with Crippen molar-refractivity contribution >= 4 is 25.4 Å². The highest BCUT2D eigenvalue weighted by molar-refractivity contribution is 7.94. The van der Waals surface area contributed by atoms with Gasteiger partial charge in [-0.1, -0.05) is 41.5 Å². The molecule has 10 heteroatoms. The molecule has 28 heavy (non-hydrogen) atoms. The van der Waals surface area contributed by atoms with Gasteiger partial charge in [0.05, 0.1) is 27.3 Å². The van der Waals surface area contributed by atoms with Gasteiger partial charge in [0.15, 0.2) is 19.7 Å². The van der Waals surface area contributed by atoms with Crippen LogP contribution in [0.2, 0.25) is 0 Å². The van der Waals surface area contributed by atoms with Crippen LogP contribution in [0.25, 0.3) is 10.4 Å². The zero-order valence-electron chi connectivity index (χ0n) is 14.6. The van der Waals surface area contributed by atoms with Crippen molar-refractivity contribution in [2.75, 3.05) is 5.75 Å². The third-order valence-corrected chi connectivity index (χ3v) is 7.20. The summed E-state index contributed by atoms with van der Waals surface area (Å²) < 4.78 is 49.6. The third-order valence-electron chi connectivity index (χ3n) is 4.02. The second-order valence-electron chi connectivity index (χ2n) is 6.07. The summed E-state index contributed by atoms with van der Waals surface area (Å²) >= 11 is 0. The molecule has 0 N–H and O–H groups in total. The minimum absolute atomic E-state index is 0.0211. The molecular formula is C18H16N4O4S2. The number of benzene rings is 2. The van der Waals surface area contributed by atoms with Crippen molar-refractivity contribution in [2.45, 2.75) is 22.3 Å². The topological polar surface area (TPSA) is 129 Å². The Morgan fingerprint density at radius 2 is 1.57 bits per heavy atom. The van der Waals surface area contributed by atoms with E-state index in [1.165, 1.54) is 24.3 Å². The lowest BCUT2D eigenvalue weighted by atomic mass is 10.2. The first-order chi connectivity index (χ1) is 13.3. The number of nitrogens with zero attached hydrogens (tertiary/aromatic N) is 4. The van der Waals surface area contributed by atoms with Crippen molar-refractivity contribution in [1.82, 2.24) is 0 Å². The third kappa shape index (κ3) is 4.86. The second kappa shape index (κ2) is 7.97. The van der Waals surface area contributed by atoms with Crippen LogP contribution in [0.4, 0.5) is 0 Å². The summed E-state index contributed by atoms with van der Waals surface area (Å²) in [5, 5.41) is 4.35. The van der Waals surface area contributed by atoms with Crippen molar-refractivity contribution < 1.29 is 16.8 Å². The number of aliphatic imine (C=N–C) groups is 1. The predicted octanol–water partition coefficient (Wildman–Crippen LogP) is 3.30. The number of hydrogen-bond acceptors (Lipinski definition) is 6. The highest BCUT2D eigenvalue weighted by atomic mass is 32.2. The summed E-state index contributed by atoms with van der Waals surface area (Å²) in [6.45, 7) is 0. The Bertz CT molecular complexity index is 1180. The molecular weight excluding hydrogens is 400 g/mol.